The van der Waals surface area contributed by atoms with E-state index >= 15 is 0 Å². The third kappa shape index (κ3) is 7.51. The Bertz CT molecular complexity index is 1310. The molecule has 0 saturated heterocycles. The number of ether oxygens (including phenoxy) is 2. The van der Waals surface area contributed by atoms with E-state index in [0.717, 1.165) is 11.1 Å². The van der Waals surface area contributed by atoms with Crippen LogP contribution in [0.2, 0.25) is 0 Å². The molecule has 0 unspecified atom stereocenters. The first-order valence-corrected chi connectivity index (χ1v) is 13.2. The molecule has 0 saturated carbocycles. The Morgan fingerprint density at radius 2 is 1.61 bits per heavy atom. The molecular formula is C26H29N3O5S2. The molecule has 0 heterocycles. The van der Waals surface area contributed by atoms with Gasteiger partial charge >= 0.3 is 0 Å². The van der Waals surface area contributed by atoms with E-state index in [0.29, 0.717) is 42.5 Å². The van der Waals surface area contributed by atoms with Crippen LogP contribution in [-0.4, -0.2) is 39.3 Å². The standard InChI is InChI=1S/C26H29N3O5S2/c1-4-33-15-16-34-22-10-6-9-20(17-22)25(30)28-26(35)27-21-11-13-23(14-12-21)36(31,32)29-24-18(2)7-5-8-19(24)3/h5-14,17,29H,4,15-16H2,1-3H3,(H2,27,28,30,35). The fraction of sp³-hybridized carbons (Fsp3) is 0.231. The molecule has 0 fully saturated rings. The Morgan fingerprint density at radius 3 is 2.28 bits per heavy atom. The van der Waals surface area contributed by atoms with Gasteiger partial charge in [-0.25, -0.2) is 8.42 Å². The second kappa shape index (κ2) is 12.5. The summed E-state index contributed by atoms with van der Waals surface area (Å²) in [7, 11) is -3.77. The molecule has 0 spiro atoms. The van der Waals surface area contributed by atoms with Gasteiger partial charge in [0.15, 0.2) is 5.11 Å². The van der Waals surface area contributed by atoms with Crippen LogP contribution < -0.4 is 20.1 Å². The van der Waals surface area contributed by atoms with Gasteiger partial charge in [0.25, 0.3) is 15.9 Å². The van der Waals surface area contributed by atoms with E-state index in [9.17, 15) is 13.2 Å². The van der Waals surface area contributed by atoms with Gasteiger partial charge in [-0.05, 0) is 86.6 Å². The van der Waals surface area contributed by atoms with Crippen molar-refractivity contribution in [3.8, 4) is 5.75 Å². The van der Waals surface area contributed by atoms with Crippen LogP contribution in [0.3, 0.4) is 0 Å². The van der Waals surface area contributed by atoms with Crippen molar-refractivity contribution in [1.29, 1.82) is 0 Å². The SMILES string of the molecule is CCOCCOc1cccc(C(=O)NC(=S)Nc2ccc(S(=O)(=O)Nc3c(C)cccc3C)cc2)c1. The monoisotopic (exact) mass is 527 g/mol. The summed E-state index contributed by atoms with van der Waals surface area (Å²) in [6.45, 7) is 7.05. The predicted octanol–water partition coefficient (Wildman–Crippen LogP) is 4.65. The van der Waals surface area contributed by atoms with Gasteiger partial charge in [0.2, 0.25) is 0 Å². The van der Waals surface area contributed by atoms with Crippen molar-refractivity contribution in [3.63, 3.8) is 0 Å². The number of benzene rings is 3. The molecule has 0 radical (unpaired) electrons. The van der Waals surface area contributed by atoms with Crippen LogP contribution in [-0.2, 0) is 14.8 Å². The summed E-state index contributed by atoms with van der Waals surface area (Å²) in [4.78, 5) is 12.7. The number of carbonyl (C=O) groups is 1. The molecule has 8 nitrogen and oxygen atoms in total. The molecule has 3 N–H and O–H groups in total. The van der Waals surface area contributed by atoms with Crippen LogP contribution in [0.15, 0.2) is 71.6 Å². The van der Waals surface area contributed by atoms with Crippen molar-refractivity contribution in [1.82, 2.24) is 5.32 Å². The number of aryl methyl sites for hydroxylation is 2. The van der Waals surface area contributed by atoms with Crippen LogP contribution in [0, 0.1) is 13.8 Å². The Kier molecular flexibility index (Phi) is 9.40. The molecule has 0 aromatic heterocycles. The lowest BCUT2D eigenvalue weighted by Crippen LogP contribution is -2.34. The highest BCUT2D eigenvalue weighted by Crippen LogP contribution is 2.24. The minimum absolute atomic E-state index is 0.0759. The van der Waals surface area contributed by atoms with Crippen molar-refractivity contribution in [3.05, 3.63) is 83.4 Å². The molecule has 0 aliphatic carbocycles. The maximum atomic E-state index is 12.8. The lowest BCUT2D eigenvalue weighted by atomic mass is 10.1. The molecule has 0 aliphatic heterocycles. The fourth-order valence-electron chi connectivity index (χ4n) is 3.31. The quantitative estimate of drug-likeness (QED) is 0.260. The van der Waals surface area contributed by atoms with Crippen LogP contribution in [0.1, 0.15) is 28.4 Å². The Hall–Kier alpha value is -3.47. The highest BCUT2D eigenvalue weighted by molar-refractivity contribution is 7.92. The van der Waals surface area contributed by atoms with Gasteiger partial charge in [-0.2, -0.15) is 0 Å². The van der Waals surface area contributed by atoms with E-state index in [1.165, 1.54) is 12.1 Å². The molecule has 190 valence electrons. The van der Waals surface area contributed by atoms with E-state index in [2.05, 4.69) is 15.4 Å². The number of para-hydroxylation sites is 1. The van der Waals surface area contributed by atoms with Crippen molar-refractivity contribution in [2.45, 2.75) is 25.7 Å². The number of sulfonamides is 1. The number of hydrogen-bond donors (Lipinski definition) is 3. The number of hydrogen-bond acceptors (Lipinski definition) is 6. The maximum absolute atomic E-state index is 12.8. The summed E-state index contributed by atoms with van der Waals surface area (Å²) < 4.78 is 39.1. The fourth-order valence-corrected chi connectivity index (χ4v) is 4.73. The number of thiocarbonyl (C=S) groups is 1. The van der Waals surface area contributed by atoms with E-state index in [1.807, 2.05) is 39.0 Å². The van der Waals surface area contributed by atoms with Crippen LogP contribution in [0.5, 0.6) is 5.75 Å². The lowest BCUT2D eigenvalue weighted by Gasteiger charge is -2.14. The Labute approximate surface area is 217 Å². The molecule has 0 atom stereocenters. The van der Waals surface area contributed by atoms with E-state index in [4.69, 9.17) is 21.7 Å². The molecule has 3 rings (SSSR count). The molecule has 36 heavy (non-hydrogen) atoms. The van der Waals surface area contributed by atoms with Crippen molar-refractivity contribution in [2.75, 3.05) is 29.9 Å². The van der Waals surface area contributed by atoms with E-state index < -0.39 is 15.9 Å². The van der Waals surface area contributed by atoms with Gasteiger partial charge in [0.1, 0.15) is 12.4 Å². The number of nitrogens with one attached hydrogen (secondary N) is 3. The normalized spacial score (nSPS) is 11.0. The average molecular weight is 528 g/mol. The summed E-state index contributed by atoms with van der Waals surface area (Å²) in [5.41, 5.74) is 3.14. The van der Waals surface area contributed by atoms with Gasteiger partial charge in [-0.1, -0.05) is 24.3 Å². The zero-order chi connectivity index (χ0) is 26.1. The Balaban J connectivity index is 1.59. The Morgan fingerprint density at radius 1 is 0.944 bits per heavy atom. The van der Waals surface area contributed by atoms with Gasteiger partial charge in [0.05, 0.1) is 17.2 Å². The van der Waals surface area contributed by atoms with Crippen molar-refractivity contribution >= 4 is 44.6 Å². The van der Waals surface area contributed by atoms with Gasteiger partial charge in [-0.15, -0.1) is 0 Å². The molecule has 0 aliphatic rings. The molecule has 1 amide bonds. The minimum Gasteiger partial charge on any atom is -0.491 e. The summed E-state index contributed by atoms with van der Waals surface area (Å²) in [5.74, 6) is 0.146. The first-order chi connectivity index (χ1) is 17.2. The zero-order valence-electron chi connectivity index (χ0n) is 20.3. The first-order valence-electron chi connectivity index (χ1n) is 11.3. The van der Waals surface area contributed by atoms with Gasteiger partial charge in [-0.3, -0.25) is 14.8 Å². The number of rotatable bonds is 10. The summed E-state index contributed by atoms with van der Waals surface area (Å²) >= 11 is 5.24. The highest BCUT2D eigenvalue weighted by Gasteiger charge is 2.17. The summed E-state index contributed by atoms with van der Waals surface area (Å²) in [6, 6.07) is 18.4. The third-order valence-electron chi connectivity index (χ3n) is 5.16. The maximum Gasteiger partial charge on any atom is 0.261 e. The lowest BCUT2D eigenvalue weighted by molar-refractivity contribution is 0.0976. The van der Waals surface area contributed by atoms with Crippen LogP contribution >= 0.6 is 12.2 Å². The number of carbonyl (C=O) groups excluding carboxylic acids is 1. The van der Waals surface area contributed by atoms with Crippen LogP contribution in [0.4, 0.5) is 11.4 Å². The first kappa shape index (κ1) is 27.1. The molecule has 0 bridgehead atoms. The average Bonchev–Trinajstić information content (AvgIpc) is 2.85. The minimum atomic E-state index is -3.77. The molecule has 3 aromatic rings. The molecule has 10 heteroatoms. The number of amides is 1. The van der Waals surface area contributed by atoms with Crippen LogP contribution in [0.25, 0.3) is 0 Å². The third-order valence-corrected chi connectivity index (χ3v) is 6.73. The molecular weight excluding hydrogens is 498 g/mol. The second-order valence-electron chi connectivity index (χ2n) is 7.88. The van der Waals surface area contributed by atoms with E-state index in [-0.39, 0.29) is 10.0 Å². The number of anilines is 2. The highest BCUT2D eigenvalue weighted by atomic mass is 32.2. The van der Waals surface area contributed by atoms with Gasteiger partial charge < -0.3 is 14.8 Å². The zero-order valence-corrected chi connectivity index (χ0v) is 22.0. The largest absolute Gasteiger partial charge is 0.491 e. The summed E-state index contributed by atoms with van der Waals surface area (Å²) in [5, 5.41) is 5.57. The second-order valence-corrected chi connectivity index (χ2v) is 9.97. The van der Waals surface area contributed by atoms with Gasteiger partial charge in [0, 0.05) is 17.9 Å². The summed E-state index contributed by atoms with van der Waals surface area (Å²) in [6.07, 6.45) is 0. The van der Waals surface area contributed by atoms with Crippen molar-refractivity contribution in [2.24, 2.45) is 0 Å². The smallest absolute Gasteiger partial charge is 0.261 e. The predicted molar refractivity (Wildman–Crippen MR) is 145 cm³/mol. The molecule has 3 aromatic carbocycles. The van der Waals surface area contributed by atoms with Crippen molar-refractivity contribution < 1.29 is 22.7 Å². The van der Waals surface area contributed by atoms with E-state index in [1.54, 1.807) is 36.4 Å². The topological polar surface area (TPSA) is 106 Å².